The average Bonchev–Trinajstić information content (AvgIpc) is 3.00. The van der Waals surface area contributed by atoms with Crippen LogP contribution in [0.25, 0.3) is 11.0 Å². The summed E-state index contributed by atoms with van der Waals surface area (Å²) in [7, 11) is 0. The molecule has 30 heavy (non-hydrogen) atoms. The zero-order chi connectivity index (χ0) is 21.9. The molecule has 0 saturated heterocycles. The van der Waals surface area contributed by atoms with Gasteiger partial charge in [-0.1, -0.05) is 86.7 Å². The van der Waals surface area contributed by atoms with Gasteiger partial charge in [0.25, 0.3) is 0 Å². The molecule has 0 radical (unpaired) electrons. The molecule has 1 aromatic heterocycles. The average molecular weight is 462 g/mol. The number of thioether (sulfide) groups is 1. The first-order valence-corrected chi connectivity index (χ1v) is 11.3. The van der Waals surface area contributed by atoms with Crippen LogP contribution in [0.3, 0.4) is 0 Å². The molecule has 0 fully saturated rings. The van der Waals surface area contributed by atoms with Crippen LogP contribution in [0.2, 0.25) is 5.02 Å². The summed E-state index contributed by atoms with van der Waals surface area (Å²) < 4.78 is 2.70. The van der Waals surface area contributed by atoms with Crippen LogP contribution >= 0.6 is 35.6 Å². The zero-order valence-electron chi connectivity index (χ0n) is 17.1. The Morgan fingerprint density at radius 1 is 1.27 bits per heavy atom. The summed E-state index contributed by atoms with van der Waals surface area (Å²) in [6, 6.07) is 14.1. The number of halogens is 1. The molecule has 0 aliphatic carbocycles. The van der Waals surface area contributed by atoms with Crippen LogP contribution < -0.4 is 5.32 Å². The van der Waals surface area contributed by atoms with Crippen molar-refractivity contribution in [2.45, 2.75) is 39.2 Å². The van der Waals surface area contributed by atoms with E-state index in [1.807, 2.05) is 30.3 Å². The molecule has 0 aliphatic rings. The van der Waals surface area contributed by atoms with Crippen molar-refractivity contribution >= 4 is 62.6 Å². The summed E-state index contributed by atoms with van der Waals surface area (Å²) in [5.74, 6) is 0.540. The number of aliphatic carboxylic acids is 1. The van der Waals surface area contributed by atoms with Gasteiger partial charge in [-0.2, -0.15) is 0 Å². The van der Waals surface area contributed by atoms with Gasteiger partial charge >= 0.3 is 5.97 Å². The number of nitrogens with zero attached hydrogens (tertiary/aromatic N) is 2. The summed E-state index contributed by atoms with van der Waals surface area (Å²) in [5.41, 5.74) is 3.53. The number of hydrogen-bond donors (Lipinski definition) is 2. The minimum absolute atomic E-state index is 0.0536. The van der Waals surface area contributed by atoms with Gasteiger partial charge < -0.3 is 15.0 Å². The van der Waals surface area contributed by atoms with Gasteiger partial charge in [0.1, 0.15) is 10.1 Å². The van der Waals surface area contributed by atoms with E-state index in [1.54, 1.807) is 0 Å². The maximum absolute atomic E-state index is 10.7. The van der Waals surface area contributed by atoms with Gasteiger partial charge in [-0.25, -0.2) is 4.98 Å². The Bertz CT molecular complexity index is 1080. The van der Waals surface area contributed by atoms with E-state index in [4.69, 9.17) is 33.9 Å². The topological polar surface area (TPSA) is 67.2 Å². The summed E-state index contributed by atoms with van der Waals surface area (Å²) in [6.07, 6.45) is 0.0536. The first-order chi connectivity index (χ1) is 14.1. The molecule has 0 unspecified atom stereocenters. The molecule has 2 aromatic carbocycles. The normalized spacial score (nSPS) is 11.6. The lowest BCUT2D eigenvalue weighted by atomic mass is 9.95. The van der Waals surface area contributed by atoms with Crippen molar-refractivity contribution in [3.05, 3.63) is 58.9 Å². The smallest absolute Gasteiger partial charge is 0.304 e. The SMILES string of the molecule is CC(C)(C)c1nc2cc(Cl)c(NC(=S)SCCC(=O)O)cc2n1Cc1ccccc1. The first-order valence-electron chi connectivity index (χ1n) is 9.55. The number of nitrogens with one attached hydrogen (secondary N) is 1. The van der Waals surface area contributed by atoms with Crippen LogP contribution in [0, 0.1) is 0 Å². The Balaban J connectivity index is 1.97. The minimum atomic E-state index is -0.843. The van der Waals surface area contributed by atoms with Gasteiger partial charge in [0.2, 0.25) is 0 Å². The van der Waals surface area contributed by atoms with Crippen LogP contribution in [0.15, 0.2) is 42.5 Å². The molecule has 0 saturated carbocycles. The van der Waals surface area contributed by atoms with Gasteiger partial charge in [0.05, 0.1) is 28.2 Å². The maximum Gasteiger partial charge on any atom is 0.304 e. The lowest BCUT2D eigenvalue weighted by molar-refractivity contribution is -0.136. The molecule has 3 aromatic rings. The van der Waals surface area contributed by atoms with Crippen molar-refractivity contribution in [1.82, 2.24) is 9.55 Å². The summed E-state index contributed by atoms with van der Waals surface area (Å²) in [4.78, 5) is 15.6. The molecule has 0 spiro atoms. The van der Waals surface area contributed by atoms with Gasteiger partial charge in [-0.3, -0.25) is 4.79 Å². The number of thiocarbonyl (C=S) groups is 1. The Hall–Kier alpha value is -2.09. The Labute approximate surface area is 190 Å². The first kappa shape index (κ1) is 22.6. The minimum Gasteiger partial charge on any atom is -0.481 e. The van der Waals surface area contributed by atoms with Gasteiger partial charge in [-0.15, -0.1) is 0 Å². The van der Waals surface area contributed by atoms with Crippen molar-refractivity contribution in [3.8, 4) is 0 Å². The van der Waals surface area contributed by atoms with Crippen molar-refractivity contribution in [3.63, 3.8) is 0 Å². The lowest BCUT2D eigenvalue weighted by Crippen LogP contribution is -2.19. The van der Waals surface area contributed by atoms with Crippen LogP contribution in [0.1, 0.15) is 38.6 Å². The Morgan fingerprint density at radius 3 is 2.60 bits per heavy atom. The highest BCUT2D eigenvalue weighted by atomic mass is 35.5. The fraction of sp³-hybridized carbons (Fsp3) is 0.318. The van der Waals surface area contributed by atoms with E-state index in [9.17, 15) is 4.79 Å². The van der Waals surface area contributed by atoms with E-state index in [0.717, 1.165) is 16.9 Å². The zero-order valence-corrected chi connectivity index (χ0v) is 19.5. The number of hydrogen-bond acceptors (Lipinski definition) is 4. The largest absolute Gasteiger partial charge is 0.481 e. The van der Waals surface area contributed by atoms with E-state index in [-0.39, 0.29) is 11.8 Å². The monoisotopic (exact) mass is 461 g/mol. The second-order valence-corrected chi connectivity index (χ2v) is 10.2. The predicted molar refractivity (Wildman–Crippen MR) is 130 cm³/mol. The number of imidazole rings is 1. The van der Waals surface area contributed by atoms with Crippen LogP contribution in [0.5, 0.6) is 0 Å². The molecule has 8 heteroatoms. The molecule has 158 valence electrons. The van der Waals surface area contributed by atoms with E-state index in [0.29, 0.717) is 27.3 Å². The standard InChI is InChI=1S/C22H24ClN3O2S2/c1-22(2,3)20-24-17-11-15(23)16(25-21(29)30-10-9-19(27)28)12-18(17)26(20)13-14-7-5-4-6-8-14/h4-8,11-12H,9-10,13H2,1-3H3,(H,25,29)(H,27,28). The predicted octanol–water partition coefficient (Wildman–Crippen LogP) is 5.94. The molecule has 0 amide bonds. The van der Waals surface area contributed by atoms with Gasteiger partial charge in [0, 0.05) is 17.7 Å². The van der Waals surface area contributed by atoms with Crippen molar-refractivity contribution in [1.29, 1.82) is 0 Å². The number of fused-ring (bicyclic) bond motifs is 1. The molecule has 3 rings (SSSR count). The summed E-state index contributed by atoms with van der Waals surface area (Å²) in [5, 5.41) is 12.5. The number of carbonyl (C=O) groups is 1. The van der Waals surface area contributed by atoms with Gasteiger partial charge in [-0.05, 0) is 17.7 Å². The lowest BCUT2D eigenvalue weighted by Gasteiger charge is -2.20. The fourth-order valence-electron chi connectivity index (χ4n) is 3.12. The number of aromatic nitrogens is 2. The number of anilines is 1. The van der Waals surface area contributed by atoms with Crippen molar-refractivity contribution in [2.75, 3.05) is 11.1 Å². The number of carboxylic acid groups (broad SMARTS) is 1. The third-order valence-electron chi connectivity index (χ3n) is 4.48. The Morgan fingerprint density at radius 2 is 1.97 bits per heavy atom. The summed E-state index contributed by atoms with van der Waals surface area (Å²) in [6.45, 7) is 7.13. The van der Waals surface area contributed by atoms with Crippen LogP contribution in [-0.2, 0) is 16.8 Å². The number of benzene rings is 2. The van der Waals surface area contributed by atoms with E-state index >= 15 is 0 Å². The van der Waals surface area contributed by atoms with E-state index < -0.39 is 5.97 Å². The highest BCUT2D eigenvalue weighted by molar-refractivity contribution is 8.23. The second kappa shape index (κ2) is 9.37. The number of carboxylic acids is 1. The highest BCUT2D eigenvalue weighted by Gasteiger charge is 2.24. The quantitative estimate of drug-likeness (QED) is 0.443. The molecule has 5 nitrogen and oxygen atoms in total. The third kappa shape index (κ3) is 5.53. The van der Waals surface area contributed by atoms with E-state index in [1.165, 1.54) is 17.3 Å². The van der Waals surface area contributed by atoms with Gasteiger partial charge in [0.15, 0.2) is 0 Å². The van der Waals surface area contributed by atoms with Crippen molar-refractivity contribution in [2.24, 2.45) is 0 Å². The molecular weight excluding hydrogens is 438 g/mol. The molecular formula is C22H24ClN3O2S2. The second-order valence-electron chi connectivity index (χ2n) is 7.98. The van der Waals surface area contributed by atoms with Crippen molar-refractivity contribution < 1.29 is 9.90 Å². The molecule has 0 atom stereocenters. The summed E-state index contributed by atoms with van der Waals surface area (Å²) >= 11 is 13.1. The Kier molecular flexibility index (Phi) is 7.06. The van der Waals surface area contributed by atoms with E-state index in [2.05, 4.69) is 42.8 Å². The molecule has 0 bridgehead atoms. The maximum atomic E-state index is 10.7. The molecule has 0 aliphatic heterocycles. The highest BCUT2D eigenvalue weighted by Crippen LogP contribution is 2.33. The van der Waals surface area contributed by atoms with Crippen LogP contribution in [0.4, 0.5) is 5.69 Å². The molecule has 1 heterocycles. The fourth-order valence-corrected chi connectivity index (χ4v) is 4.33. The van der Waals surface area contributed by atoms with Crippen LogP contribution in [-0.4, -0.2) is 30.7 Å². The molecule has 2 N–H and O–H groups in total. The third-order valence-corrected chi connectivity index (χ3v) is 6.02. The number of rotatable bonds is 6.